The van der Waals surface area contributed by atoms with Crippen LogP contribution in [-0.2, 0) is 11.3 Å². The summed E-state index contributed by atoms with van der Waals surface area (Å²) in [4.78, 5) is 23.8. The first kappa shape index (κ1) is 24.9. The number of aromatic nitrogens is 2. The van der Waals surface area contributed by atoms with E-state index in [4.69, 9.17) is 21.4 Å². The smallest absolute Gasteiger partial charge is 0.241 e. The number of anilines is 1. The average Bonchev–Trinajstić information content (AvgIpc) is 3.29. The molecule has 2 aromatic carbocycles. The van der Waals surface area contributed by atoms with E-state index in [1.54, 1.807) is 17.0 Å². The lowest BCUT2D eigenvalue weighted by Gasteiger charge is -2.34. The summed E-state index contributed by atoms with van der Waals surface area (Å²) in [6, 6.07) is 15.6. The van der Waals surface area contributed by atoms with Gasteiger partial charge < -0.3 is 9.42 Å². The predicted molar refractivity (Wildman–Crippen MR) is 135 cm³/mol. The van der Waals surface area contributed by atoms with Gasteiger partial charge in [-0.2, -0.15) is 10.2 Å². The fourth-order valence-corrected chi connectivity index (χ4v) is 4.40. The number of piperazine rings is 1. The van der Waals surface area contributed by atoms with Crippen LogP contribution in [0.15, 0.2) is 47.0 Å². The summed E-state index contributed by atoms with van der Waals surface area (Å²) in [7, 11) is 0. The second-order valence-corrected chi connectivity index (χ2v) is 9.31. The van der Waals surface area contributed by atoms with Gasteiger partial charge >= 0.3 is 0 Å². The number of carbonyl (C=O) groups excluding carboxylic acids is 1. The molecule has 8 nitrogen and oxygen atoms in total. The predicted octanol–water partition coefficient (Wildman–Crippen LogP) is 4.07. The van der Waals surface area contributed by atoms with Crippen molar-refractivity contribution in [3.05, 3.63) is 64.5 Å². The molecule has 9 heteroatoms. The first-order chi connectivity index (χ1) is 16.9. The van der Waals surface area contributed by atoms with Gasteiger partial charge in [0.1, 0.15) is 0 Å². The maximum absolute atomic E-state index is 13.2. The van der Waals surface area contributed by atoms with Crippen LogP contribution in [0.25, 0.3) is 11.4 Å². The summed E-state index contributed by atoms with van der Waals surface area (Å²) in [5.41, 5.74) is 3.92. The molecule has 1 aromatic heterocycles. The molecule has 0 unspecified atom stereocenters. The highest BCUT2D eigenvalue weighted by Gasteiger charge is 2.24. The highest BCUT2D eigenvalue weighted by Crippen LogP contribution is 2.21. The fraction of sp³-hybridized carbons (Fsp3) is 0.385. The molecule has 1 aliphatic rings. The molecule has 0 bridgehead atoms. The van der Waals surface area contributed by atoms with Crippen LogP contribution < -0.4 is 4.90 Å². The molecule has 1 aliphatic heterocycles. The van der Waals surface area contributed by atoms with Gasteiger partial charge in [-0.05, 0) is 61.4 Å². The molecule has 35 heavy (non-hydrogen) atoms. The minimum Gasteiger partial charge on any atom is -0.338 e. The van der Waals surface area contributed by atoms with E-state index >= 15 is 0 Å². The standard InChI is InChI=1S/C26H29ClN6O2/c1-19-14-20(2)16-23(15-19)33(9-3-8-28)25(34)18-32-12-10-31(11-13-32)17-24-29-26(30-35-24)21-4-6-22(27)7-5-21/h4-7,14-16H,3,9-13,17-18H2,1-2H3. The normalized spacial score (nSPS) is 14.6. The number of nitrogens with zero attached hydrogens (tertiary/aromatic N) is 6. The topological polar surface area (TPSA) is 89.5 Å². The van der Waals surface area contributed by atoms with Gasteiger partial charge in [0.25, 0.3) is 0 Å². The summed E-state index contributed by atoms with van der Waals surface area (Å²) in [6.07, 6.45) is 0.300. The van der Waals surface area contributed by atoms with Gasteiger partial charge in [-0.15, -0.1) is 0 Å². The minimum atomic E-state index is 0.0169. The van der Waals surface area contributed by atoms with Crippen molar-refractivity contribution in [1.82, 2.24) is 19.9 Å². The largest absolute Gasteiger partial charge is 0.338 e. The number of carbonyl (C=O) groups is 1. The van der Waals surface area contributed by atoms with Crippen molar-refractivity contribution < 1.29 is 9.32 Å². The van der Waals surface area contributed by atoms with E-state index in [1.807, 2.05) is 38.1 Å². The van der Waals surface area contributed by atoms with Crippen LogP contribution in [0.3, 0.4) is 0 Å². The molecule has 0 atom stereocenters. The SMILES string of the molecule is Cc1cc(C)cc(N(CCC#N)C(=O)CN2CCN(Cc3nc(-c4ccc(Cl)cc4)no3)CC2)c1. The molecule has 4 rings (SSSR count). The third kappa shape index (κ3) is 6.67. The summed E-state index contributed by atoms with van der Waals surface area (Å²) in [5.74, 6) is 1.13. The first-order valence-corrected chi connectivity index (χ1v) is 12.1. The van der Waals surface area contributed by atoms with Crippen molar-refractivity contribution in [1.29, 1.82) is 5.26 Å². The number of aryl methyl sites for hydroxylation is 2. The molecule has 0 saturated carbocycles. The maximum Gasteiger partial charge on any atom is 0.241 e. The van der Waals surface area contributed by atoms with Crippen molar-refractivity contribution in [2.45, 2.75) is 26.8 Å². The number of amides is 1. The lowest BCUT2D eigenvalue weighted by atomic mass is 10.1. The summed E-state index contributed by atoms with van der Waals surface area (Å²) >= 11 is 5.95. The molecule has 0 radical (unpaired) electrons. The molecule has 0 spiro atoms. The lowest BCUT2D eigenvalue weighted by molar-refractivity contribution is -0.120. The van der Waals surface area contributed by atoms with Gasteiger partial charge in [0.2, 0.25) is 17.6 Å². The molecule has 1 saturated heterocycles. The molecule has 1 fully saturated rings. The molecule has 182 valence electrons. The van der Waals surface area contributed by atoms with Gasteiger partial charge in [0.05, 0.1) is 25.6 Å². The van der Waals surface area contributed by atoms with Crippen molar-refractivity contribution in [3.8, 4) is 17.5 Å². The minimum absolute atomic E-state index is 0.0169. The Bertz CT molecular complexity index is 1180. The van der Waals surface area contributed by atoms with E-state index < -0.39 is 0 Å². The van der Waals surface area contributed by atoms with E-state index in [-0.39, 0.29) is 5.91 Å². The zero-order valence-corrected chi connectivity index (χ0v) is 20.8. The Morgan fingerprint density at radius 1 is 1.09 bits per heavy atom. The van der Waals surface area contributed by atoms with Crippen molar-refractivity contribution in [2.24, 2.45) is 0 Å². The number of benzene rings is 2. The molecule has 1 amide bonds. The van der Waals surface area contributed by atoms with Crippen LogP contribution in [-0.4, -0.2) is 65.1 Å². The maximum atomic E-state index is 13.2. The molecular formula is C26H29ClN6O2. The van der Waals surface area contributed by atoms with Crippen LogP contribution in [0.5, 0.6) is 0 Å². The Kier molecular flexibility index (Phi) is 8.13. The molecule has 0 N–H and O–H groups in total. The molecular weight excluding hydrogens is 464 g/mol. The Morgan fingerprint density at radius 3 is 2.40 bits per heavy atom. The van der Waals surface area contributed by atoms with Gasteiger partial charge in [-0.3, -0.25) is 14.6 Å². The van der Waals surface area contributed by atoms with E-state index in [0.29, 0.717) is 42.8 Å². The number of hydrogen-bond acceptors (Lipinski definition) is 7. The van der Waals surface area contributed by atoms with Crippen molar-refractivity contribution in [2.75, 3.05) is 44.2 Å². The third-order valence-corrected chi connectivity index (χ3v) is 6.27. The first-order valence-electron chi connectivity index (χ1n) is 11.7. The Morgan fingerprint density at radius 2 is 1.74 bits per heavy atom. The highest BCUT2D eigenvalue weighted by atomic mass is 35.5. The number of hydrogen-bond donors (Lipinski definition) is 0. The van der Waals surface area contributed by atoms with Crippen LogP contribution in [0.1, 0.15) is 23.4 Å². The van der Waals surface area contributed by atoms with Gasteiger partial charge in [0.15, 0.2) is 0 Å². The zero-order valence-electron chi connectivity index (χ0n) is 20.1. The quantitative estimate of drug-likeness (QED) is 0.468. The number of nitriles is 1. The summed E-state index contributed by atoms with van der Waals surface area (Å²) < 4.78 is 5.44. The van der Waals surface area contributed by atoms with Crippen LogP contribution in [0.4, 0.5) is 5.69 Å². The molecule has 3 aromatic rings. The van der Waals surface area contributed by atoms with E-state index in [0.717, 1.165) is 48.6 Å². The molecule has 2 heterocycles. The van der Waals surface area contributed by atoms with Gasteiger partial charge in [-0.25, -0.2) is 0 Å². The number of rotatable bonds is 8. The Balaban J connectivity index is 1.31. The average molecular weight is 493 g/mol. The third-order valence-electron chi connectivity index (χ3n) is 6.02. The van der Waals surface area contributed by atoms with Gasteiger partial charge in [-0.1, -0.05) is 22.8 Å². The number of halogens is 1. The van der Waals surface area contributed by atoms with Crippen molar-refractivity contribution >= 4 is 23.2 Å². The van der Waals surface area contributed by atoms with Crippen LogP contribution in [0, 0.1) is 25.2 Å². The van der Waals surface area contributed by atoms with E-state index in [2.05, 4.69) is 32.1 Å². The fourth-order valence-electron chi connectivity index (χ4n) is 4.27. The van der Waals surface area contributed by atoms with Crippen LogP contribution in [0.2, 0.25) is 5.02 Å². The highest BCUT2D eigenvalue weighted by molar-refractivity contribution is 6.30. The second kappa shape index (κ2) is 11.5. The van der Waals surface area contributed by atoms with Crippen LogP contribution >= 0.6 is 11.6 Å². The van der Waals surface area contributed by atoms with E-state index in [1.165, 1.54) is 0 Å². The summed E-state index contributed by atoms with van der Waals surface area (Å²) in [5, 5.41) is 13.8. The lowest BCUT2D eigenvalue weighted by Crippen LogP contribution is -2.50. The Labute approximate surface area is 210 Å². The van der Waals surface area contributed by atoms with E-state index in [9.17, 15) is 4.79 Å². The Hall–Kier alpha value is -3.25. The molecule has 0 aliphatic carbocycles. The zero-order chi connectivity index (χ0) is 24.8. The van der Waals surface area contributed by atoms with Gasteiger partial charge in [0, 0.05) is 49.0 Å². The summed E-state index contributed by atoms with van der Waals surface area (Å²) in [6.45, 7) is 8.46. The monoisotopic (exact) mass is 492 g/mol. The van der Waals surface area contributed by atoms with Crippen molar-refractivity contribution in [3.63, 3.8) is 0 Å². The second-order valence-electron chi connectivity index (χ2n) is 8.87.